The molecule has 1 fully saturated rings. The summed E-state index contributed by atoms with van der Waals surface area (Å²) in [4.78, 5) is 24.6. The molecule has 1 saturated heterocycles. The Morgan fingerprint density at radius 1 is 1.47 bits per heavy atom. The zero-order valence-electron chi connectivity index (χ0n) is 10.4. The van der Waals surface area contributed by atoms with Gasteiger partial charge in [0.05, 0.1) is 19.3 Å². The Morgan fingerprint density at radius 2 is 2.26 bits per heavy atom. The Bertz CT molecular complexity index is 470. The van der Waals surface area contributed by atoms with Crippen LogP contribution in [0.4, 0.5) is 0 Å². The highest BCUT2D eigenvalue weighted by Gasteiger charge is 2.24. The lowest BCUT2D eigenvalue weighted by atomic mass is 10.3. The summed E-state index contributed by atoms with van der Waals surface area (Å²) in [5.41, 5.74) is 0.0836. The maximum atomic E-state index is 12.1. The van der Waals surface area contributed by atoms with Crippen LogP contribution in [-0.2, 0) is 16.1 Å². The van der Waals surface area contributed by atoms with Crippen molar-refractivity contribution in [2.75, 3.05) is 26.3 Å². The first-order valence-electron chi connectivity index (χ1n) is 6.00. The van der Waals surface area contributed by atoms with Crippen molar-refractivity contribution in [2.45, 2.75) is 12.6 Å². The largest absolute Gasteiger partial charge is 0.477 e. The highest BCUT2D eigenvalue weighted by Crippen LogP contribution is 2.08. The lowest BCUT2D eigenvalue weighted by molar-refractivity contribution is -0.140. The van der Waals surface area contributed by atoms with Gasteiger partial charge in [0.1, 0.15) is 12.2 Å². The number of carboxylic acid groups (broad SMARTS) is 1. The summed E-state index contributed by atoms with van der Waals surface area (Å²) >= 11 is 0. The molecule has 1 atom stereocenters. The van der Waals surface area contributed by atoms with E-state index >= 15 is 0 Å². The number of carbonyl (C=O) groups excluding carboxylic acids is 1. The molecular weight excluding hydrogens is 252 g/mol. The number of hydrogen-bond donors (Lipinski definition) is 2. The van der Waals surface area contributed by atoms with Crippen LogP contribution in [0.2, 0.25) is 0 Å². The number of rotatable bonds is 4. The van der Waals surface area contributed by atoms with Gasteiger partial charge in [-0.05, 0) is 12.1 Å². The van der Waals surface area contributed by atoms with Crippen molar-refractivity contribution in [2.24, 2.45) is 0 Å². The Balaban J connectivity index is 2.00. The summed E-state index contributed by atoms with van der Waals surface area (Å²) in [6.07, 6.45) is 1.20. The molecule has 0 aromatic carbocycles. The van der Waals surface area contributed by atoms with Crippen molar-refractivity contribution in [3.8, 4) is 0 Å². The Kier molecular flexibility index (Phi) is 4.18. The summed E-state index contributed by atoms with van der Waals surface area (Å²) in [7, 11) is 0. The molecule has 1 aromatic rings. The predicted molar refractivity (Wildman–Crippen MR) is 64.8 cm³/mol. The third-order valence-corrected chi connectivity index (χ3v) is 3.05. The third-order valence-electron chi connectivity index (χ3n) is 3.05. The van der Waals surface area contributed by atoms with Crippen molar-refractivity contribution in [1.82, 2.24) is 9.47 Å². The van der Waals surface area contributed by atoms with Gasteiger partial charge in [0.25, 0.3) is 0 Å². The van der Waals surface area contributed by atoms with Crippen molar-refractivity contribution in [3.05, 3.63) is 24.0 Å². The fourth-order valence-electron chi connectivity index (χ4n) is 2.05. The van der Waals surface area contributed by atoms with E-state index in [9.17, 15) is 9.59 Å². The van der Waals surface area contributed by atoms with Crippen LogP contribution in [-0.4, -0.2) is 64.0 Å². The minimum Gasteiger partial charge on any atom is -0.477 e. The zero-order valence-corrected chi connectivity index (χ0v) is 10.4. The van der Waals surface area contributed by atoms with Crippen molar-refractivity contribution in [3.63, 3.8) is 0 Å². The highest BCUT2D eigenvalue weighted by molar-refractivity contribution is 5.86. The molecule has 0 bridgehead atoms. The number of carbonyl (C=O) groups is 2. The van der Waals surface area contributed by atoms with Gasteiger partial charge in [0, 0.05) is 19.3 Å². The van der Waals surface area contributed by atoms with E-state index in [1.807, 2.05) is 0 Å². The van der Waals surface area contributed by atoms with E-state index in [0.29, 0.717) is 19.7 Å². The molecule has 7 nitrogen and oxygen atoms in total. The molecule has 1 amide bonds. The van der Waals surface area contributed by atoms with Gasteiger partial charge in [-0.15, -0.1) is 0 Å². The standard InChI is InChI=1S/C12H16N2O5/c15-8-9-6-14(4-5-19-9)11(16)7-13-3-1-2-10(13)12(17)18/h1-3,9,15H,4-8H2,(H,17,18). The molecule has 1 aliphatic heterocycles. The van der Waals surface area contributed by atoms with Crippen LogP contribution in [0.25, 0.3) is 0 Å². The maximum absolute atomic E-state index is 12.1. The molecule has 7 heteroatoms. The first kappa shape index (κ1) is 13.6. The van der Waals surface area contributed by atoms with Gasteiger partial charge in [-0.2, -0.15) is 0 Å². The monoisotopic (exact) mass is 268 g/mol. The quantitative estimate of drug-likeness (QED) is 0.761. The van der Waals surface area contributed by atoms with E-state index in [-0.39, 0.29) is 30.9 Å². The number of hydrogen-bond acceptors (Lipinski definition) is 4. The van der Waals surface area contributed by atoms with Gasteiger partial charge in [-0.25, -0.2) is 4.79 Å². The second-order valence-corrected chi connectivity index (χ2v) is 4.34. The molecule has 0 saturated carbocycles. The molecule has 2 heterocycles. The van der Waals surface area contributed by atoms with Crippen LogP contribution >= 0.6 is 0 Å². The highest BCUT2D eigenvalue weighted by atomic mass is 16.5. The molecule has 0 radical (unpaired) electrons. The van der Waals surface area contributed by atoms with Crippen LogP contribution in [0.15, 0.2) is 18.3 Å². The number of aliphatic hydroxyl groups is 1. The van der Waals surface area contributed by atoms with Crippen LogP contribution in [0.5, 0.6) is 0 Å². The first-order chi connectivity index (χ1) is 9.11. The minimum absolute atomic E-state index is 0.0210. The molecule has 1 aromatic heterocycles. The van der Waals surface area contributed by atoms with E-state index < -0.39 is 5.97 Å². The molecule has 1 unspecified atom stereocenters. The van der Waals surface area contributed by atoms with E-state index in [4.69, 9.17) is 14.9 Å². The second-order valence-electron chi connectivity index (χ2n) is 4.34. The average molecular weight is 268 g/mol. The summed E-state index contributed by atoms with van der Waals surface area (Å²) in [6.45, 7) is 1.02. The number of aromatic nitrogens is 1. The van der Waals surface area contributed by atoms with Gasteiger partial charge in [0.2, 0.25) is 5.91 Å². The fraction of sp³-hybridized carbons (Fsp3) is 0.500. The van der Waals surface area contributed by atoms with Crippen molar-refractivity contribution in [1.29, 1.82) is 0 Å². The van der Waals surface area contributed by atoms with Gasteiger partial charge >= 0.3 is 5.97 Å². The average Bonchev–Trinajstić information content (AvgIpc) is 2.87. The van der Waals surface area contributed by atoms with Crippen LogP contribution in [0.3, 0.4) is 0 Å². The van der Waals surface area contributed by atoms with Gasteiger partial charge in [0.15, 0.2) is 0 Å². The molecule has 0 spiro atoms. The number of morpholine rings is 1. The molecule has 1 aliphatic rings. The number of aliphatic hydroxyl groups excluding tert-OH is 1. The Morgan fingerprint density at radius 3 is 2.95 bits per heavy atom. The lowest BCUT2D eigenvalue weighted by Gasteiger charge is -2.32. The molecule has 104 valence electrons. The van der Waals surface area contributed by atoms with E-state index in [2.05, 4.69) is 0 Å². The van der Waals surface area contributed by atoms with Gasteiger partial charge in [-0.1, -0.05) is 0 Å². The summed E-state index contributed by atoms with van der Waals surface area (Å²) < 4.78 is 6.66. The smallest absolute Gasteiger partial charge is 0.352 e. The SMILES string of the molecule is O=C(O)c1cccn1CC(=O)N1CCOC(CO)C1. The topological polar surface area (TPSA) is 92.0 Å². The normalized spacial score (nSPS) is 19.4. The molecule has 2 rings (SSSR count). The van der Waals surface area contributed by atoms with Crippen molar-refractivity contribution >= 4 is 11.9 Å². The molecule has 0 aliphatic carbocycles. The summed E-state index contributed by atoms with van der Waals surface area (Å²) in [6, 6.07) is 3.04. The summed E-state index contributed by atoms with van der Waals surface area (Å²) in [5, 5.41) is 18.0. The van der Waals surface area contributed by atoms with Crippen LogP contribution < -0.4 is 0 Å². The van der Waals surface area contributed by atoms with Gasteiger partial charge < -0.3 is 24.4 Å². The number of amides is 1. The number of nitrogens with zero attached hydrogens (tertiary/aromatic N) is 2. The fourth-order valence-corrected chi connectivity index (χ4v) is 2.05. The van der Waals surface area contributed by atoms with Crippen LogP contribution in [0.1, 0.15) is 10.5 Å². The van der Waals surface area contributed by atoms with Crippen molar-refractivity contribution < 1.29 is 24.5 Å². The first-order valence-corrected chi connectivity index (χ1v) is 6.00. The van der Waals surface area contributed by atoms with E-state index in [1.165, 1.54) is 10.6 Å². The summed E-state index contributed by atoms with van der Waals surface area (Å²) in [5.74, 6) is -1.24. The second kappa shape index (κ2) is 5.85. The number of aromatic carboxylic acids is 1. The molecule has 19 heavy (non-hydrogen) atoms. The Labute approximate surface area is 110 Å². The third kappa shape index (κ3) is 3.12. The molecule has 2 N–H and O–H groups in total. The number of ether oxygens (including phenoxy) is 1. The predicted octanol–water partition coefficient (Wildman–Crippen LogP) is -0.594. The van der Waals surface area contributed by atoms with E-state index in [1.54, 1.807) is 17.2 Å². The van der Waals surface area contributed by atoms with Gasteiger partial charge in [-0.3, -0.25) is 4.79 Å². The maximum Gasteiger partial charge on any atom is 0.352 e. The lowest BCUT2D eigenvalue weighted by Crippen LogP contribution is -2.48. The zero-order chi connectivity index (χ0) is 13.8. The van der Waals surface area contributed by atoms with E-state index in [0.717, 1.165) is 0 Å². The minimum atomic E-state index is -1.06. The number of carboxylic acids is 1. The van der Waals surface area contributed by atoms with Crippen LogP contribution in [0, 0.1) is 0 Å². The molecular formula is C12H16N2O5. The Hall–Kier alpha value is -1.86.